The number of aryl methyl sites for hydroxylation is 1. The van der Waals surface area contributed by atoms with Crippen molar-refractivity contribution in [3.63, 3.8) is 0 Å². The Hall–Kier alpha value is -4.04. The van der Waals surface area contributed by atoms with E-state index in [9.17, 15) is 14.7 Å². The lowest BCUT2D eigenvalue weighted by Crippen LogP contribution is -2.29. The maximum Gasteiger partial charge on any atom is 0.301 e. The molecule has 1 saturated heterocycles. The minimum atomic E-state index is -0.819. The smallest absolute Gasteiger partial charge is 0.301 e. The number of thiazole rings is 1. The van der Waals surface area contributed by atoms with Gasteiger partial charge in [0, 0.05) is 18.0 Å². The fraction of sp³-hybridized carbons (Fsp3) is 0.185. The number of Topliss-reactive ketones (excluding diaryl/α,β-unsaturated/α-hetero) is 1. The van der Waals surface area contributed by atoms with Crippen LogP contribution in [-0.4, -0.2) is 33.4 Å². The van der Waals surface area contributed by atoms with Gasteiger partial charge in [-0.05, 0) is 54.8 Å². The maximum absolute atomic E-state index is 13.4. The van der Waals surface area contributed by atoms with E-state index in [4.69, 9.17) is 4.74 Å². The monoisotopic (exact) mass is 485 g/mol. The van der Waals surface area contributed by atoms with Gasteiger partial charge in [0.25, 0.3) is 5.78 Å². The summed E-state index contributed by atoms with van der Waals surface area (Å²) >= 11 is 1.30. The molecule has 8 heteroatoms. The molecule has 3 heterocycles. The van der Waals surface area contributed by atoms with E-state index >= 15 is 0 Å². The van der Waals surface area contributed by atoms with E-state index in [1.165, 1.54) is 28.6 Å². The van der Waals surface area contributed by atoms with Gasteiger partial charge in [-0.3, -0.25) is 19.5 Å². The summed E-state index contributed by atoms with van der Waals surface area (Å²) in [5.74, 6) is -1.01. The Balaban J connectivity index is 1.69. The second-order valence-electron chi connectivity index (χ2n) is 8.06. The first-order chi connectivity index (χ1) is 17.0. The van der Waals surface area contributed by atoms with Crippen LogP contribution in [0, 0.1) is 0 Å². The number of ether oxygens (including phenoxy) is 1. The average Bonchev–Trinajstić information content (AvgIpc) is 3.42. The van der Waals surface area contributed by atoms with Crippen molar-refractivity contribution in [3.8, 4) is 5.75 Å². The summed E-state index contributed by atoms with van der Waals surface area (Å²) in [7, 11) is 0. The number of aliphatic hydroxyl groups excluding tert-OH is 1. The molecule has 1 aliphatic heterocycles. The lowest BCUT2D eigenvalue weighted by atomic mass is 9.95. The number of aliphatic hydroxyl groups is 1. The molecule has 4 aromatic rings. The van der Waals surface area contributed by atoms with Gasteiger partial charge in [-0.2, -0.15) is 0 Å². The first-order valence-corrected chi connectivity index (χ1v) is 12.2. The van der Waals surface area contributed by atoms with E-state index < -0.39 is 17.7 Å². The highest BCUT2D eigenvalue weighted by molar-refractivity contribution is 7.22. The molecule has 1 atom stereocenters. The van der Waals surface area contributed by atoms with Crippen LogP contribution in [0.15, 0.2) is 72.6 Å². The van der Waals surface area contributed by atoms with Crippen molar-refractivity contribution in [2.24, 2.45) is 0 Å². The van der Waals surface area contributed by atoms with Gasteiger partial charge in [0.15, 0.2) is 5.13 Å². The standard InChI is InChI=1S/C27H23N3O4S/c1-3-16-5-7-17(8-6-16)23-22(24(31)18-11-13-28-14-12-18)25(32)26(33)30(23)27-29-20-10-9-19(34-4-2)15-21(20)35-27/h5-15,23,31H,3-4H2,1-2H3. The van der Waals surface area contributed by atoms with Crippen LogP contribution in [0.2, 0.25) is 0 Å². The molecule has 1 amide bonds. The number of rotatable bonds is 6. The van der Waals surface area contributed by atoms with Gasteiger partial charge < -0.3 is 9.84 Å². The molecule has 7 nitrogen and oxygen atoms in total. The highest BCUT2D eigenvalue weighted by Gasteiger charge is 2.48. The first-order valence-electron chi connectivity index (χ1n) is 11.4. The van der Waals surface area contributed by atoms with Crippen molar-refractivity contribution >= 4 is 44.1 Å². The van der Waals surface area contributed by atoms with Crippen LogP contribution >= 0.6 is 11.3 Å². The van der Waals surface area contributed by atoms with Gasteiger partial charge in [-0.1, -0.05) is 42.5 Å². The molecule has 2 aromatic heterocycles. The average molecular weight is 486 g/mol. The Bertz CT molecular complexity index is 1440. The van der Waals surface area contributed by atoms with Crippen molar-refractivity contribution in [1.29, 1.82) is 0 Å². The lowest BCUT2D eigenvalue weighted by molar-refractivity contribution is -0.132. The van der Waals surface area contributed by atoms with E-state index in [1.54, 1.807) is 12.1 Å². The predicted octanol–water partition coefficient (Wildman–Crippen LogP) is 5.28. The van der Waals surface area contributed by atoms with Crippen molar-refractivity contribution in [3.05, 3.63) is 89.3 Å². The third-order valence-corrected chi connectivity index (χ3v) is 6.99. The molecular formula is C27H23N3O4S. The number of amides is 1. The summed E-state index contributed by atoms with van der Waals surface area (Å²) in [6, 6.07) is 15.6. The van der Waals surface area contributed by atoms with Crippen LogP contribution in [0.25, 0.3) is 16.0 Å². The number of hydrogen-bond donors (Lipinski definition) is 1. The van der Waals surface area contributed by atoms with Crippen LogP contribution in [0.5, 0.6) is 5.75 Å². The molecule has 0 radical (unpaired) electrons. The third-order valence-electron chi connectivity index (χ3n) is 5.97. The highest BCUT2D eigenvalue weighted by Crippen LogP contribution is 2.44. The minimum absolute atomic E-state index is 0.0275. The van der Waals surface area contributed by atoms with E-state index in [0.29, 0.717) is 34.1 Å². The van der Waals surface area contributed by atoms with Gasteiger partial charge in [0.05, 0.1) is 28.4 Å². The number of hydrogen-bond acceptors (Lipinski definition) is 7. The molecular weight excluding hydrogens is 462 g/mol. The zero-order valence-electron chi connectivity index (χ0n) is 19.3. The number of carbonyl (C=O) groups is 2. The molecule has 5 rings (SSSR count). The van der Waals surface area contributed by atoms with E-state index in [-0.39, 0.29) is 11.3 Å². The summed E-state index contributed by atoms with van der Waals surface area (Å²) in [5, 5.41) is 11.5. The fourth-order valence-electron chi connectivity index (χ4n) is 4.20. The molecule has 2 aromatic carbocycles. The zero-order chi connectivity index (χ0) is 24.5. The van der Waals surface area contributed by atoms with Crippen LogP contribution < -0.4 is 9.64 Å². The van der Waals surface area contributed by atoms with E-state index in [1.807, 2.05) is 49.4 Å². The number of fused-ring (bicyclic) bond motifs is 1. The number of nitrogens with zero attached hydrogens (tertiary/aromatic N) is 3. The van der Waals surface area contributed by atoms with Crippen molar-refractivity contribution in [2.75, 3.05) is 11.5 Å². The van der Waals surface area contributed by atoms with Gasteiger partial charge >= 0.3 is 5.91 Å². The molecule has 1 unspecified atom stereocenters. The van der Waals surface area contributed by atoms with Crippen LogP contribution in [0.4, 0.5) is 5.13 Å². The second-order valence-corrected chi connectivity index (χ2v) is 9.07. The second kappa shape index (κ2) is 9.31. The number of carbonyl (C=O) groups excluding carboxylic acids is 2. The summed E-state index contributed by atoms with van der Waals surface area (Å²) in [4.78, 5) is 36.7. The van der Waals surface area contributed by atoms with Crippen molar-refractivity contribution < 1.29 is 19.4 Å². The van der Waals surface area contributed by atoms with Crippen molar-refractivity contribution in [2.45, 2.75) is 26.3 Å². The molecule has 0 bridgehead atoms. The van der Waals surface area contributed by atoms with Crippen LogP contribution in [-0.2, 0) is 16.0 Å². The molecule has 0 spiro atoms. The molecule has 0 aliphatic carbocycles. The highest BCUT2D eigenvalue weighted by atomic mass is 32.1. The fourth-order valence-corrected chi connectivity index (χ4v) is 5.22. The minimum Gasteiger partial charge on any atom is -0.507 e. The Kier molecular flexibility index (Phi) is 6.05. The molecule has 1 N–H and O–H groups in total. The zero-order valence-corrected chi connectivity index (χ0v) is 20.1. The SMILES string of the molecule is CCOc1ccc2nc(N3C(=O)C(=O)C(=C(O)c4ccncc4)C3c3ccc(CC)cc3)sc2c1. The van der Waals surface area contributed by atoms with E-state index in [2.05, 4.69) is 16.9 Å². The number of aromatic nitrogens is 2. The molecule has 1 aliphatic rings. The summed E-state index contributed by atoms with van der Waals surface area (Å²) in [6.45, 7) is 4.51. The number of anilines is 1. The summed E-state index contributed by atoms with van der Waals surface area (Å²) < 4.78 is 6.43. The van der Waals surface area contributed by atoms with Crippen molar-refractivity contribution in [1.82, 2.24) is 9.97 Å². The Morgan fingerprint density at radius 3 is 2.49 bits per heavy atom. The third kappa shape index (κ3) is 4.06. The quantitative estimate of drug-likeness (QED) is 0.227. The summed E-state index contributed by atoms with van der Waals surface area (Å²) in [6.07, 6.45) is 3.91. The number of ketones is 1. The topological polar surface area (TPSA) is 92.6 Å². The Morgan fingerprint density at radius 2 is 1.80 bits per heavy atom. The lowest BCUT2D eigenvalue weighted by Gasteiger charge is -2.23. The number of benzene rings is 2. The summed E-state index contributed by atoms with van der Waals surface area (Å²) in [5.41, 5.74) is 2.98. The van der Waals surface area contributed by atoms with Gasteiger partial charge in [-0.15, -0.1) is 0 Å². The van der Waals surface area contributed by atoms with E-state index in [0.717, 1.165) is 16.7 Å². The normalized spacial score (nSPS) is 17.3. The number of pyridine rings is 1. The van der Waals surface area contributed by atoms with Gasteiger partial charge in [0.1, 0.15) is 11.5 Å². The van der Waals surface area contributed by atoms with Crippen LogP contribution in [0.1, 0.15) is 36.6 Å². The van der Waals surface area contributed by atoms with Crippen LogP contribution in [0.3, 0.4) is 0 Å². The first kappa shape index (κ1) is 22.7. The molecule has 35 heavy (non-hydrogen) atoms. The van der Waals surface area contributed by atoms with Gasteiger partial charge in [-0.25, -0.2) is 4.98 Å². The predicted molar refractivity (Wildman–Crippen MR) is 136 cm³/mol. The van der Waals surface area contributed by atoms with Gasteiger partial charge in [0.2, 0.25) is 0 Å². The Morgan fingerprint density at radius 1 is 1.06 bits per heavy atom. The molecule has 1 fully saturated rings. The maximum atomic E-state index is 13.4. The molecule has 176 valence electrons. The largest absolute Gasteiger partial charge is 0.507 e. The molecule has 0 saturated carbocycles. The Labute approximate surface area is 206 Å².